The van der Waals surface area contributed by atoms with Crippen molar-refractivity contribution in [2.24, 2.45) is 0 Å². The van der Waals surface area contributed by atoms with Crippen LogP contribution < -0.4 is 5.32 Å². The normalized spacial score (nSPS) is 10.5. The molecule has 28 heavy (non-hydrogen) atoms. The van der Waals surface area contributed by atoms with Crippen molar-refractivity contribution in [1.29, 1.82) is 0 Å². The number of thioether (sulfide) groups is 1. The molecule has 2 heterocycles. The number of rotatable bonds is 8. The number of hydrogen-bond acceptors (Lipinski definition) is 7. The standard InChI is InChI=1S/C19H19N5O3S/c1-2-27-17(26)12-21-16(25)13-28-19-23-22-18(14-7-6-10-20-11-14)24(19)15-8-4-3-5-9-15/h3-11H,2,12-13H2,1H3,(H,21,25). The van der Waals surface area contributed by atoms with Crippen LogP contribution in [0.25, 0.3) is 17.1 Å². The Hall–Kier alpha value is -3.20. The van der Waals surface area contributed by atoms with E-state index in [1.165, 1.54) is 11.8 Å². The van der Waals surface area contributed by atoms with Crippen molar-refractivity contribution in [2.45, 2.75) is 12.1 Å². The van der Waals surface area contributed by atoms with Crippen LogP contribution in [-0.4, -0.2) is 50.5 Å². The van der Waals surface area contributed by atoms with Crippen LogP contribution in [-0.2, 0) is 14.3 Å². The Kier molecular flexibility index (Phi) is 6.74. The number of nitrogens with zero attached hydrogens (tertiary/aromatic N) is 4. The second kappa shape index (κ2) is 9.65. The van der Waals surface area contributed by atoms with Crippen molar-refractivity contribution >= 4 is 23.6 Å². The molecule has 0 radical (unpaired) electrons. The van der Waals surface area contributed by atoms with Crippen LogP contribution in [0, 0.1) is 0 Å². The summed E-state index contributed by atoms with van der Waals surface area (Å²) in [7, 11) is 0. The van der Waals surface area contributed by atoms with E-state index >= 15 is 0 Å². The number of carbonyl (C=O) groups is 2. The van der Waals surface area contributed by atoms with E-state index in [1.54, 1.807) is 19.3 Å². The minimum Gasteiger partial charge on any atom is -0.465 e. The summed E-state index contributed by atoms with van der Waals surface area (Å²) in [5.41, 5.74) is 1.69. The van der Waals surface area contributed by atoms with Gasteiger partial charge in [0.1, 0.15) is 6.54 Å². The molecule has 8 nitrogen and oxygen atoms in total. The topological polar surface area (TPSA) is 99.0 Å². The molecule has 0 spiro atoms. The van der Waals surface area contributed by atoms with Gasteiger partial charge in [-0.05, 0) is 31.2 Å². The predicted octanol–water partition coefficient (Wildman–Crippen LogP) is 2.10. The quantitative estimate of drug-likeness (QED) is 0.459. The molecule has 0 saturated heterocycles. The van der Waals surface area contributed by atoms with Crippen LogP contribution in [0.1, 0.15) is 6.92 Å². The Morgan fingerprint density at radius 2 is 1.96 bits per heavy atom. The van der Waals surface area contributed by atoms with E-state index in [9.17, 15) is 9.59 Å². The molecule has 3 aromatic rings. The summed E-state index contributed by atoms with van der Waals surface area (Å²) in [5, 5.41) is 11.6. The van der Waals surface area contributed by atoms with Gasteiger partial charge in [-0.15, -0.1) is 10.2 Å². The lowest BCUT2D eigenvalue weighted by molar-refractivity contribution is -0.143. The molecule has 1 N–H and O–H groups in total. The summed E-state index contributed by atoms with van der Waals surface area (Å²) < 4.78 is 6.67. The summed E-state index contributed by atoms with van der Waals surface area (Å²) in [6.07, 6.45) is 3.40. The van der Waals surface area contributed by atoms with Gasteiger partial charge in [0.25, 0.3) is 0 Å². The van der Waals surface area contributed by atoms with Crippen molar-refractivity contribution in [3.63, 3.8) is 0 Å². The van der Waals surface area contributed by atoms with Crippen molar-refractivity contribution < 1.29 is 14.3 Å². The summed E-state index contributed by atoms with van der Waals surface area (Å²) in [5.74, 6) is -0.0262. The Bertz CT molecular complexity index is 931. The first-order valence-electron chi connectivity index (χ1n) is 8.65. The minimum atomic E-state index is -0.466. The maximum Gasteiger partial charge on any atom is 0.325 e. The number of pyridine rings is 1. The molecule has 0 atom stereocenters. The lowest BCUT2D eigenvalue weighted by Gasteiger charge is -2.10. The largest absolute Gasteiger partial charge is 0.465 e. The van der Waals surface area contributed by atoms with Crippen molar-refractivity contribution in [3.8, 4) is 17.1 Å². The van der Waals surface area contributed by atoms with Crippen LogP contribution in [0.5, 0.6) is 0 Å². The first kappa shape index (κ1) is 19.6. The number of aromatic nitrogens is 4. The first-order chi connectivity index (χ1) is 13.7. The highest BCUT2D eigenvalue weighted by atomic mass is 32.2. The Labute approximate surface area is 166 Å². The maximum atomic E-state index is 12.0. The summed E-state index contributed by atoms with van der Waals surface area (Å²) >= 11 is 1.24. The van der Waals surface area contributed by atoms with Crippen LogP contribution in [0.3, 0.4) is 0 Å². The van der Waals surface area contributed by atoms with E-state index in [2.05, 4.69) is 20.5 Å². The molecule has 0 bridgehead atoms. The average molecular weight is 397 g/mol. The fourth-order valence-electron chi connectivity index (χ4n) is 2.42. The number of amides is 1. The van der Waals surface area contributed by atoms with Crippen molar-refractivity contribution in [3.05, 3.63) is 54.9 Å². The second-order valence-corrected chi connectivity index (χ2v) is 6.53. The highest BCUT2D eigenvalue weighted by Crippen LogP contribution is 2.27. The molecule has 0 aliphatic heterocycles. The Morgan fingerprint density at radius 3 is 2.68 bits per heavy atom. The number of esters is 1. The van der Waals surface area contributed by atoms with Gasteiger partial charge >= 0.3 is 5.97 Å². The summed E-state index contributed by atoms with van der Waals surface area (Å²) in [6, 6.07) is 13.4. The number of carbonyl (C=O) groups excluding carboxylic acids is 2. The van der Waals surface area contributed by atoms with Gasteiger partial charge in [-0.3, -0.25) is 19.1 Å². The molecule has 0 unspecified atom stereocenters. The van der Waals surface area contributed by atoms with E-state index in [-0.39, 0.29) is 24.8 Å². The average Bonchev–Trinajstić information content (AvgIpc) is 3.16. The fourth-order valence-corrected chi connectivity index (χ4v) is 3.20. The number of hydrogen-bond donors (Lipinski definition) is 1. The van der Waals surface area contributed by atoms with Gasteiger partial charge in [0.2, 0.25) is 5.91 Å². The molecule has 0 aliphatic rings. The zero-order chi connectivity index (χ0) is 19.8. The van der Waals surface area contributed by atoms with E-state index in [0.29, 0.717) is 11.0 Å². The van der Waals surface area contributed by atoms with E-state index in [4.69, 9.17) is 4.74 Å². The number of benzene rings is 1. The summed E-state index contributed by atoms with van der Waals surface area (Å²) in [4.78, 5) is 27.5. The molecule has 1 aromatic carbocycles. The smallest absolute Gasteiger partial charge is 0.325 e. The molecule has 0 fully saturated rings. The van der Waals surface area contributed by atoms with Crippen LogP contribution in [0.15, 0.2) is 60.0 Å². The minimum absolute atomic E-state index is 0.0947. The Morgan fingerprint density at radius 1 is 1.14 bits per heavy atom. The van der Waals surface area contributed by atoms with Gasteiger partial charge in [0, 0.05) is 23.6 Å². The zero-order valence-corrected chi connectivity index (χ0v) is 16.1. The lowest BCUT2D eigenvalue weighted by atomic mass is 10.2. The van der Waals surface area contributed by atoms with Crippen LogP contribution in [0.4, 0.5) is 0 Å². The zero-order valence-electron chi connectivity index (χ0n) is 15.2. The lowest BCUT2D eigenvalue weighted by Crippen LogP contribution is -2.31. The highest BCUT2D eigenvalue weighted by Gasteiger charge is 2.17. The van der Waals surface area contributed by atoms with E-state index in [0.717, 1.165) is 11.3 Å². The van der Waals surface area contributed by atoms with Crippen LogP contribution >= 0.6 is 11.8 Å². The highest BCUT2D eigenvalue weighted by molar-refractivity contribution is 7.99. The predicted molar refractivity (Wildman–Crippen MR) is 105 cm³/mol. The van der Waals surface area contributed by atoms with Gasteiger partial charge in [-0.25, -0.2) is 0 Å². The Balaban J connectivity index is 1.77. The van der Waals surface area contributed by atoms with Gasteiger partial charge in [-0.1, -0.05) is 30.0 Å². The number of ether oxygens (including phenoxy) is 1. The third-order valence-electron chi connectivity index (χ3n) is 3.64. The molecule has 3 rings (SSSR count). The molecule has 0 saturated carbocycles. The monoisotopic (exact) mass is 397 g/mol. The fraction of sp³-hybridized carbons (Fsp3) is 0.211. The molecule has 144 valence electrons. The van der Waals surface area contributed by atoms with Gasteiger partial charge in [-0.2, -0.15) is 0 Å². The van der Waals surface area contributed by atoms with Crippen molar-refractivity contribution in [1.82, 2.24) is 25.1 Å². The molecular weight excluding hydrogens is 378 g/mol. The third-order valence-corrected chi connectivity index (χ3v) is 4.56. The van der Waals surface area contributed by atoms with Gasteiger partial charge < -0.3 is 10.1 Å². The van der Waals surface area contributed by atoms with E-state index in [1.807, 2.05) is 47.0 Å². The second-order valence-electron chi connectivity index (χ2n) is 5.59. The SMILES string of the molecule is CCOC(=O)CNC(=O)CSc1nnc(-c2cccnc2)n1-c1ccccc1. The number of para-hydroxylation sites is 1. The summed E-state index contributed by atoms with van der Waals surface area (Å²) in [6.45, 7) is 1.84. The van der Waals surface area contributed by atoms with Crippen molar-refractivity contribution in [2.75, 3.05) is 18.9 Å². The molecular formula is C19H19N5O3S. The molecule has 2 aromatic heterocycles. The van der Waals surface area contributed by atoms with Gasteiger partial charge in [0.05, 0.1) is 12.4 Å². The molecule has 9 heteroatoms. The maximum absolute atomic E-state index is 12.0. The molecule has 0 aliphatic carbocycles. The number of nitrogens with one attached hydrogen (secondary N) is 1. The van der Waals surface area contributed by atoms with E-state index < -0.39 is 5.97 Å². The third kappa shape index (κ3) is 4.95. The first-order valence-corrected chi connectivity index (χ1v) is 9.64. The van der Waals surface area contributed by atoms with Gasteiger partial charge in [0.15, 0.2) is 11.0 Å². The van der Waals surface area contributed by atoms with Crippen LogP contribution in [0.2, 0.25) is 0 Å². The molecule has 1 amide bonds.